The van der Waals surface area contributed by atoms with E-state index in [4.69, 9.17) is 16.6 Å². The number of halogens is 1. The van der Waals surface area contributed by atoms with Gasteiger partial charge in [0.1, 0.15) is 0 Å². The van der Waals surface area contributed by atoms with Crippen molar-refractivity contribution in [3.8, 4) is 0 Å². The number of piperidine rings is 1. The van der Waals surface area contributed by atoms with Gasteiger partial charge in [0.2, 0.25) is 0 Å². The van der Waals surface area contributed by atoms with E-state index in [0.717, 1.165) is 54.4 Å². The molecule has 1 aromatic heterocycles. The Hall–Kier alpha value is -1.63. The SMILES string of the molecule is CCNC(=NCc1sc(C)nc1C)NCC1CCN(Cc2ccccc2Cl)CC1. The monoisotopic (exact) mass is 433 g/mol. The predicted octanol–water partition coefficient (Wildman–Crippen LogP) is 4.38. The van der Waals surface area contributed by atoms with Crippen LogP contribution in [0.15, 0.2) is 29.3 Å². The van der Waals surface area contributed by atoms with E-state index >= 15 is 0 Å². The third-order valence-electron chi connectivity index (χ3n) is 5.34. The van der Waals surface area contributed by atoms with Crippen molar-refractivity contribution in [3.05, 3.63) is 50.4 Å². The molecule has 1 aliphatic heterocycles. The zero-order valence-corrected chi connectivity index (χ0v) is 19.2. The number of rotatable bonds is 7. The summed E-state index contributed by atoms with van der Waals surface area (Å²) in [6, 6.07) is 8.16. The minimum Gasteiger partial charge on any atom is -0.357 e. The smallest absolute Gasteiger partial charge is 0.191 e. The van der Waals surface area contributed by atoms with Crippen molar-refractivity contribution in [2.45, 2.75) is 46.7 Å². The maximum Gasteiger partial charge on any atom is 0.191 e. The van der Waals surface area contributed by atoms with Gasteiger partial charge in [-0.15, -0.1) is 11.3 Å². The van der Waals surface area contributed by atoms with Crippen LogP contribution in [0, 0.1) is 19.8 Å². The lowest BCUT2D eigenvalue weighted by Gasteiger charge is -2.32. The standard InChI is InChI=1S/C22H32ClN5S/c1-4-24-22(26-14-21-16(2)27-17(3)29-21)25-13-18-9-11-28(12-10-18)15-19-7-5-6-8-20(19)23/h5-8,18H,4,9-15H2,1-3H3,(H2,24,25,26). The van der Waals surface area contributed by atoms with Crippen LogP contribution in [0.1, 0.15) is 40.9 Å². The third kappa shape index (κ3) is 6.69. The van der Waals surface area contributed by atoms with Gasteiger partial charge in [0.25, 0.3) is 0 Å². The number of thiazole rings is 1. The quantitative estimate of drug-likeness (QED) is 0.502. The van der Waals surface area contributed by atoms with Gasteiger partial charge < -0.3 is 10.6 Å². The van der Waals surface area contributed by atoms with Crippen molar-refractivity contribution in [1.82, 2.24) is 20.5 Å². The number of nitrogens with one attached hydrogen (secondary N) is 2. The molecule has 7 heteroatoms. The van der Waals surface area contributed by atoms with Gasteiger partial charge in [0, 0.05) is 29.5 Å². The molecule has 1 fully saturated rings. The molecule has 0 amide bonds. The van der Waals surface area contributed by atoms with E-state index in [2.05, 4.69) is 46.5 Å². The highest BCUT2D eigenvalue weighted by Gasteiger charge is 2.20. The number of nitrogens with zero attached hydrogens (tertiary/aromatic N) is 3. The molecule has 0 radical (unpaired) electrons. The average molecular weight is 434 g/mol. The van der Waals surface area contributed by atoms with Crippen molar-refractivity contribution in [3.63, 3.8) is 0 Å². The molecule has 0 atom stereocenters. The molecule has 5 nitrogen and oxygen atoms in total. The number of hydrogen-bond acceptors (Lipinski definition) is 4. The summed E-state index contributed by atoms with van der Waals surface area (Å²) in [6.45, 7) is 11.9. The molecular formula is C22H32ClN5S. The van der Waals surface area contributed by atoms with Crippen molar-refractivity contribution in [1.29, 1.82) is 0 Å². The Balaban J connectivity index is 1.45. The van der Waals surface area contributed by atoms with Gasteiger partial charge in [-0.2, -0.15) is 0 Å². The summed E-state index contributed by atoms with van der Waals surface area (Å²) in [5.74, 6) is 1.57. The Morgan fingerprint density at radius 2 is 2.00 bits per heavy atom. The van der Waals surface area contributed by atoms with Gasteiger partial charge in [-0.3, -0.25) is 4.90 Å². The highest BCUT2D eigenvalue weighted by atomic mass is 35.5. The van der Waals surface area contributed by atoms with E-state index in [1.54, 1.807) is 11.3 Å². The molecular weight excluding hydrogens is 402 g/mol. The molecule has 1 saturated heterocycles. The van der Waals surface area contributed by atoms with Gasteiger partial charge in [0.05, 0.1) is 17.2 Å². The van der Waals surface area contributed by atoms with E-state index in [-0.39, 0.29) is 0 Å². The molecule has 3 rings (SSSR count). The van der Waals surface area contributed by atoms with E-state index < -0.39 is 0 Å². The van der Waals surface area contributed by atoms with Crippen LogP contribution >= 0.6 is 22.9 Å². The van der Waals surface area contributed by atoms with Gasteiger partial charge in [-0.1, -0.05) is 29.8 Å². The first kappa shape index (κ1) is 22.1. The zero-order valence-electron chi connectivity index (χ0n) is 17.7. The summed E-state index contributed by atoms with van der Waals surface area (Å²) in [6.07, 6.45) is 2.40. The van der Waals surface area contributed by atoms with Gasteiger partial charge in [-0.05, 0) is 64.3 Å². The number of hydrogen-bond donors (Lipinski definition) is 2. The molecule has 0 spiro atoms. The Kier molecular flexibility index (Phi) is 8.33. The number of benzene rings is 1. The molecule has 2 heterocycles. The third-order valence-corrected chi connectivity index (χ3v) is 6.77. The average Bonchev–Trinajstić information content (AvgIpc) is 3.04. The van der Waals surface area contributed by atoms with Crippen LogP contribution in [0.25, 0.3) is 0 Å². The second-order valence-corrected chi connectivity index (χ2v) is 9.32. The highest BCUT2D eigenvalue weighted by Crippen LogP contribution is 2.22. The van der Waals surface area contributed by atoms with Gasteiger partial charge >= 0.3 is 0 Å². The van der Waals surface area contributed by atoms with Crippen LogP contribution in [0.4, 0.5) is 0 Å². The second-order valence-electron chi connectivity index (χ2n) is 7.63. The van der Waals surface area contributed by atoms with Crippen LogP contribution in [0.5, 0.6) is 0 Å². The summed E-state index contributed by atoms with van der Waals surface area (Å²) in [5.41, 5.74) is 2.32. The van der Waals surface area contributed by atoms with Gasteiger partial charge in [-0.25, -0.2) is 9.98 Å². The first-order valence-corrected chi connectivity index (χ1v) is 11.7. The fourth-order valence-electron chi connectivity index (χ4n) is 3.67. The summed E-state index contributed by atoms with van der Waals surface area (Å²) >= 11 is 8.05. The van der Waals surface area contributed by atoms with Crippen LogP contribution < -0.4 is 10.6 Å². The van der Waals surface area contributed by atoms with Crippen LogP contribution in [-0.4, -0.2) is 42.0 Å². The minimum atomic E-state index is 0.675. The Bertz CT molecular complexity index is 811. The van der Waals surface area contributed by atoms with Crippen LogP contribution in [-0.2, 0) is 13.1 Å². The van der Waals surface area contributed by atoms with Crippen molar-refractivity contribution < 1.29 is 0 Å². The topological polar surface area (TPSA) is 52.6 Å². The minimum absolute atomic E-state index is 0.675. The molecule has 2 aromatic rings. The molecule has 0 saturated carbocycles. The number of aromatic nitrogens is 1. The first-order chi connectivity index (χ1) is 14.0. The maximum atomic E-state index is 6.31. The number of likely N-dealkylation sites (tertiary alicyclic amines) is 1. The maximum absolute atomic E-state index is 6.31. The van der Waals surface area contributed by atoms with Crippen LogP contribution in [0.2, 0.25) is 5.02 Å². The number of guanidine groups is 1. The van der Waals surface area contributed by atoms with E-state index in [0.29, 0.717) is 12.5 Å². The van der Waals surface area contributed by atoms with Crippen molar-refractivity contribution >= 4 is 28.9 Å². The molecule has 2 N–H and O–H groups in total. The molecule has 1 aromatic carbocycles. The zero-order chi connectivity index (χ0) is 20.6. The fourth-order valence-corrected chi connectivity index (χ4v) is 4.73. The highest BCUT2D eigenvalue weighted by molar-refractivity contribution is 7.11. The molecule has 1 aliphatic rings. The molecule has 0 bridgehead atoms. The fraction of sp³-hybridized carbons (Fsp3) is 0.545. The summed E-state index contributed by atoms with van der Waals surface area (Å²) in [7, 11) is 0. The first-order valence-electron chi connectivity index (χ1n) is 10.5. The molecule has 0 unspecified atom stereocenters. The number of aliphatic imine (C=N–C) groups is 1. The Labute approximate surface area is 183 Å². The van der Waals surface area contributed by atoms with Crippen molar-refractivity contribution in [2.24, 2.45) is 10.9 Å². The summed E-state index contributed by atoms with van der Waals surface area (Å²) < 4.78 is 0. The number of aryl methyl sites for hydroxylation is 2. The van der Waals surface area contributed by atoms with Crippen molar-refractivity contribution in [2.75, 3.05) is 26.2 Å². The summed E-state index contributed by atoms with van der Waals surface area (Å²) in [4.78, 5) is 13.0. The molecule has 158 valence electrons. The van der Waals surface area contributed by atoms with Crippen LogP contribution in [0.3, 0.4) is 0 Å². The molecule has 0 aliphatic carbocycles. The lowest BCUT2D eigenvalue weighted by molar-refractivity contribution is 0.178. The predicted molar refractivity (Wildman–Crippen MR) is 124 cm³/mol. The second kappa shape index (κ2) is 11.0. The lowest BCUT2D eigenvalue weighted by atomic mass is 9.96. The Morgan fingerprint density at radius 3 is 2.66 bits per heavy atom. The van der Waals surface area contributed by atoms with E-state index in [9.17, 15) is 0 Å². The Morgan fingerprint density at radius 1 is 1.24 bits per heavy atom. The van der Waals surface area contributed by atoms with Gasteiger partial charge in [0.15, 0.2) is 5.96 Å². The van der Waals surface area contributed by atoms with E-state index in [1.807, 2.05) is 19.1 Å². The van der Waals surface area contributed by atoms with E-state index in [1.165, 1.54) is 23.3 Å². The lowest BCUT2D eigenvalue weighted by Crippen LogP contribution is -2.42. The molecule has 29 heavy (non-hydrogen) atoms. The largest absolute Gasteiger partial charge is 0.357 e. The normalized spacial score (nSPS) is 16.2. The summed E-state index contributed by atoms with van der Waals surface area (Å²) in [5, 5.41) is 8.88.